The molecule has 0 aromatic rings. The van der Waals surface area contributed by atoms with Gasteiger partial charge in [0.15, 0.2) is 11.6 Å². The highest BCUT2D eigenvalue weighted by Crippen LogP contribution is 2.74. The first kappa shape index (κ1) is 16.7. The number of hydrogen-bond acceptors (Lipinski definition) is 4. The Labute approximate surface area is 147 Å². The lowest BCUT2D eigenvalue weighted by Crippen LogP contribution is -2.58. The molecule has 0 N–H and O–H groups in total. The Bertz CT molecular complexity index is 666. The predicted molar refractivity (Wildman–Crippen MR) is 83.4 cm³/mol. The van der Waals surface area contributed by atoms with Crippen LogP contribution in [0, 0.1) is 11.8 Å². The van der Waals surface area contributed by atoms with Crippen LogP contribution in [-0.4, -0.2) is 41.3 Å². The van der Waals surface area contributed by atoms with Gasteiger partial charge in [-0.25, -0.2) is 0 Å². The van der Waals surface area contributed by atoms with Crippen molar-refractivity contribution >= 4 is 58.0 Å². The van der Waals surface area contributed by atoms with Gasteiger partial charge in [0.2, 0.25) is 5.79 Å². The minimum absolute atomic E-state index is 0.0216. The number of methoxy groups -OCH3 is 2. The Morgan fingerprint density at radius 3 is 1.91 bits per heavy atom. The summed E-state index contributed by atoms with van der Waals surface area (Å²) in [5, 5.41) is -0.0449. The summed E-state index contributed by atoms with van der Waals surface area (Å²) < 4.78 is 11.0. The Balaban J connectivity index is 2.39. The number of Topliss-reactive ketones (excluding diaryl/α,β-unsaturated/α-hetero) is 1. The second kappa shape index (κ2) is 4.71. The molecule has 0 spiro atoms. The molecule has 1 saturated carbocycles. The van der Waals surface area contributed by atoms with Crippen LogP contribution >= 0.6 is 46.4 Å². The lowest BCUT2D eigenvalue weighted by Gasteiger charge is -2.40. The second-order valence-corrected chi connectivity index (χ2v) is 7.57. The van der Waals surface area contributed by atoms with Gasteiger partial charge in [0.25, 0.3) is 0 Å². The topological polar surface area (TPSA) is 52.6 Å². The van der Waals surface area contributed by atoms with Crippen LogP contribution in [0.25, 0.3) is 0 Å². The van der Waals surface area contributed by atoms with Crippen LogP contribution in [-0.2, 0) is 19.1 Å². The molecule has 0 saturated heterocycles. The molecule has 2 bridgehead atoms. The molecule has 0 aliphatic heterocycles. The van der Waals surface area contributed by atoms with E-state index >= 15 is 0 Å². The van der Waals surface area contributed by atoms with Crippen LogP contribution in [0.2, 0.25) is 0 Å². The average molecular weight is 386 g/mol. The van der Waals surface area contributed by atoms with E-state index in [2.05, 4.69) is 0 Å². The molecule has 0 unspecified atom stereocenters. The summed E-state index contributed by atoms with van der Waals surface area (Å²) in [5.74, 6) is -4.39. The molecular formula is C14H12Cl4O4. The van der Waals surface area contributed by atoms with Gasteiger partial charge in [-0.1, -0.05) is 23.2 Å². The number of carbonyl (C=O) groups is 2. The first-order valence-corrected chi connectivity index (χ1v) is 7.97. The van der Waals surface area contributed by atoms with Gasteiger partial charge in [0.05, 0.1) is 21.9 Å². The summed E-state index contributed by atoms with van der Waals surface area (Å²) >= 11 is 26.1. The minimum Gasteiger partial charge on any atom is -0.350 e. The first-order chi connectivity index (χ1) is 10.1. The van der Waals surface area contributed by atoms with E-state index in [1.54, 1.807) is 6.92 Å². The fourth-order valence-corrected chi connectivity index (χ4v) is 6.19. The third-order valence-electron chi connectivity index (χ3n) is 4.89. The van der Waals surface area contributed by atoms with E-state index in [1.807, 2.05) is 0 Å². The molecule has 3 rings (SSSR count). The lowest BCUT2D eigenvalue weighted by molar-refractivity contribution is -0.220. The van der Waals surface area contributed by atoms with Crippen molar-refractivity contribution in [2.45, 2.75) is 22.5 Å². The lowest BCUT2D eigenvalue weighted by atomic mass is 9.72. The molecule has 0 aromatic heterocycles. The number of rotatable bonds is 2. The Morgan fingerprint density at radius 2 is 1.45 bits per heavy atom. The minimum atomic E-state index is -1.73. The van der Waals surface area contributed by atoms with Gasteiger partial charge < -0.3 is 9.47 Å². The van der Waals surface area contributed by atoms with Crippen LogP contribution in [0.1, 0.15) is 6.92 Å². The molecular weight excluding hydrogens is 374 g/mol. The highest BCUT2D eigenvalue weighted by atomic mass is 35.5. The van der Waals surface area contributed by atoms with Gasteiger partial charge in [0, 0.05) is 14.2 Å². The van der Waals surface area contributed by atoms with E-state index in [0.717, 1.165) is 0 Å². The molecule has 120 valence electrons. The molecule has 4 nitrogen and oxygen atoms in total. The summed E-state index contributed by atoms with van der Waals surface area (Å²) in [7, 11) is 2.65. The SMILES string of the molecule is COC1(OC)[C@@]2(Cl)C(Cl)=C(Cl)[C@@]1(Cl)[C@H]1C(=O)C(C)=CC(=O)[C@@H]12. The number of hydrogen-bond donors (Lipinski definition) is 0. The molecule has 3 aliphatic rings. The molecule has 4 atom stereocenters. The van der Waals surface area contributed by atoms with E-state index in [1.165, 1.54) is 20.3 Å². The quantitative estimate of drug-likeness (QED) is 0.541. The van der Waals surface area contributed by atoms with Crippen molar-refractivity contribution in [3.63, 3.8) is 0 Å². The van der Waals surface area contributed by atoms with Gasteiger partial charge in [-0.15, -0.1) is 23.2 Å². The summed E-state index contributed by atoms with van der Waals surface area (Å²) in [6, 6.07) is 0. The van der Waals surface area contributed by atoms with Gasteiger partial charge in [0.1, 0.15) is 9.75 Å². The number of halogens is 4. The van der Waals surface area contributed by atoms with E-state index in [-0.39, 0.29) is 21.6 Å². The van der Waals surface area contributed by atoms with Gasteiger partial charge in [-0.3, -0.25) is 9.59 Å². The largest absolute Gasteiger partial charge is 0.350 e. The van der Waals surface area contributed by atoms with E-state index in [9.17, 15) is 9.59 Å². The number of fused-ring (bicyclic) bond motifs is 5. The summed E-state index contributed by atoms with van der Waals surface area (Å²) in [4.78, 5) is 21.9. The molecule has 22 heavy (non-hydrogen) atoms. The number of ether oxygens (including phenoxy) is 2. The van der Waals surface area contributed by atoms with E-state index < -0.39 is 27.4 Å². The summed E-state index contributed by atoms with van der Waals surface area (Å²) in [6.45, 7) is 1.55. The smallest absolute Gasteiger partial charge is 0.218 e. The van der Waals surface area contributed by atoms with Crippen molar-refractivity contribution in [2.75, 3.05) is 14.2 Å². The molecule has 0 aromatic carbocycles. The third kappa shape index (κ3) is 1.38. The van der Waals surface area contributed by atoms with Crippen LogP contribution < -0.4 is 0 Å². The summed E-state index contributed by atoms with van der Waals surface area (Å²) in [6.07, 6.45) is 1.25. The fourth-order valence-electron chi connectivity index (χ4n) is 4.00. The maximum atomic E-state index is 12.7. The van der Waals surface area contributed by atoms with Crippen molar-refractivity contribution in [1.29, 1.82) is 0 Å². The highest BCUT2D eigenvalue weighted by molar-refractivity contribution is 6.53. The molecule has 0 amide bonds. The van der Waals surface area contributed by atoms with Crippen LogP contribution in [0.5, 0.6) is 0 Å². The maximum absolute atomic E-state index is 12.7. The molecule has 3 aliphatic carbocycles. The van der Waals surface area contributed by atoms with Crippen LogP contribution in [0.3, 0.4) is 0 Å². The van der Waals surface area contributed by atoms with Gasteiger partial charge in [-0.2, -0.15) is 0 Å². The van der Waals surface area contributed by atoms with Gasteiger partial charge >= 0.3 is 0 Å². The number of alkyl halides is 2. The van der Waals surface area contributed by atoms with E-state index in [0.29, 0.717) is 5.57 Å². The maximum Gasteiger partial charge on any atom is 0.218 e. The summed E-state index contributed by atoms with van der Waals surface area (Å²) in [5.41, 5.74) is 0.292. The second-order valence-electron chi connectivity index (χ2n) is 5.63. The Kier molecular flexibility index (Phi) is 3.59. The predicted octanol–water partition coefficient (Wildman–Crippen LogP) is 2.98. The van der Waals surface area contributed by atoms with Crippen molar-refractivity contribution in [3.05, 3.63) is 21.7 Å². The molecule has 0 radical (unpaired) electrons. The van der Waals surface area contributed by atoms with Crippen LogP contribution in [0.4, 0.5) is 0 Å². The number of ketones is 2. The zero-order valence-corrected chi connectivity index (χ0v) is 14.9. The Hall–Kier alpha value is -0.100. The molecule has 1 fully saturated rings. The zero-order chi connectivity index (χ0) is 16.7. The number of carbonyl (C=O) groups excluding carboxylic acids is 2. The normalized spacial score (nSPS) is 42.8. The molecule has 0 heterocycles. The average Bonchev–Trinajstić information content (AvgIpc) is 2.73. The number of allylic oxidation sites excluding steroid dienone is 2. The van der Waals surface area contributed by atoms with Crippen molar-refractivity contribution in [1.82, 2.24) is 0 Å². The van der Waals surface area contributed by atoms with Crippen molar-refractivity contribution < 1.29 is 19.1 Å². The third-order valence-corrected chi connectivity index (χ3v) is 7.50. The zero-order valence-electron chi connectivity index (χ0n) is 11.9. The fraction of sp³-hybridized carbons (Fsp3) is 0.571. The van der Waals surface area contributed by atoms with E-state index in [4.69, 9.17) is 55.9 Å². The van der Waals surface area contributed by atoms with Gasteiger partial charge in [-0.05, 0) is 18.6 Å². The van der Waals surface area contributed by atoms with Crippen LogP contribution in [0.15, 0.2) is 21.7 Å². The standard InChI is InChI=1S/C14H12Cl4O4/c1-5-4-6(19)7-8(9(5)20)13(18)11(16)10(15)12(7,17)14(13,21-2)22-3/h4,7-8H,1-3H3/t7-,8+,12-,13-/m0/s1. The van der Waals surface area contributed by atoms with Crippen molar-refractivity contribution in [2.24, 2.45) is 11.8 Å². The highest BCUT2D eigenvalue weighted by Gasteiger charge is 2.87. The first-order valence-electron chi connectivity index (χ1n) is 6.45. The van der Waals surface area contributed by atoms with Crippen molar-refractivity contribution in [3.8, 4) is 0 Å². The Morgan fingerprint density at radius 1 is 1.00 bits per heavy atom. The monoisotopic (exact) mass is 384 g/mol. The molecule has 8 heteroatoms.